The van der Waals surface area contributed by atoms with Gasteiger partial charge in [0.1, 0.15) is 5.78 Å². The molecule has 0 radical (unpaired) electrons. The Kier molecular flexibility index (Phi) is 5.06. The lowest BCUT2D eigenvalue weighted by molar-refractivity contribution is -0.207. The Labute approximate surface area is 202 Å². The van der Waals surface area contributed by atoms with E-state index in [-0.39, 0.29) is 33.7 Å². The number of aliphatic hydroxyl groups excluding tert-OH is 2. The molecule has 5 fully saturated rings. The Morgan fingerprint density at radius 3 is 2.06 bits per heavy atom. The molecule has 0 aromatic carbocycles. The first-order valence-electron chi connectivity index (χ1n) is 14.0. The van der Waals surface area contributed by atoms with Crippen LogP contribution in [-0.2, 0) is 4.79 Å². The summed E-state index contributed by atoms with van der Waals surface area (Å²) in [7, 11) is 0. The number of hydrogen-bond acceptors (Lipinski definition) is 3. The van der Waals surface area contributed by atoms with Gasteiger partial charge >= 0.3 is 0 Å². The molecule has 0 aliphatic heterocycles. The van der Waals surface area contributed by atoms with Crippen molar-refractivity contribution in [3.05, 3.63) is 0 Å². The van der Waals surface area contributed by atoms with E-state index < -0.39 is 11.5 Å². The highest BCUT2D eigenvalue weighted by molar-refractivity contribution is 5.94. The van der Waals surface area contributed by atoms with E-state index in [1.54, 1.807) is 0 Å². The third kappa shape index (κ3) is 2.53. The molecule has 0 heterocycles. The van der Waals surface area contributed by atoms with Crippen LogP contribution in [0.25, 0.3) is 0 Å². The number of carbonyl (C=O) groups is 1. The molecular formula is C30H50O3. The summed E-state index contributed by atoms with van der Waals surface area (Å²) in [5, 5.41) is 22.6. The molecule has 0 saturated heterocycles. The van der Waals surface area contributed by atoms with E-state index in [1.807, 2.05) is 0 Å². The number of Topliss-reactive ketones (excluding diaryl/α,β-unsaturated/α-hetero) is 1. The van der Waals surface area contributed by atoms with Crippen LogP contribution in [0.1, 0.15) is 113 Å². The van der Waals surface area contributed by atoms with Crippen LogP contribution in [0.3, 0.4) is 0 Å². The predicted molar refractivity (Wildman–Crippen MR) is 133 cm³/mol. The molecule has 5 rings (SSSR count). The van der Waals surface area contributed by atoms with Gasteiger partial charge in [-0.05, 0) is 103 Å². The Morgan fingerprint density at radius 1 is 0.758 bits per heavy atom. The molecular weight excluding hydrogens is 408 g/mol. The summed E-state index contributed by atoms with van der Waals surface area (Å²) in [5.74, 6) is 2.64. The summed E-state index contributed by atoms with van der Waals surface area (Å²) in [6, 6.07) is 0. The predicted octanol–water partition coefficient (Wildman–Crippen LogP) is 6.40. The molecule has 10 atom stereocenters. The van der Waals surface area contributed by atoms with Crippen molar-refractivity contribution in [2.45, 2.75) is 125 Å². The van der Waals surface area contributed by atoms with Gasteiger partial charge in [-0.2, -0.15) is 0 Å². The van der Waals surface area contributed by atoms with E-state index in [0.29, 0.717) is 29.5 Å². The fourth-order valence-electron chi connectivity index (χ4n) is 11.6. The fourth-order valence-corrected chi connectivity index (χ4v) is 11.6. The van der Waals surface area contributed by atoms with Crippen LogP contribution in [0, 0.1) is 56.2 Å². The van der Waals surface area contributed by atoms with Gasteiger partial charge in [-0.1, -0.05) is 55.4 Å². The average Bonchev–Trinajstić information content (AvgIpc) is 3.20. The van der Waals surface area contributed by atoms with Crippen LogP contribution in [0.15, 0.2) is 0 Å². The molecule has 0 unspecified atom stereocenters. The minimum Gasteiger partial charge on any atom is -0.393 e. The molecule has 188 valence electrons. The van der Waals surface area contributed by atoms with Gasteiger partial charge < -0.3 is 10.2 Å². The molecule has 0 aromatic rings. The minimum absolute atomic E-state index is 0.0177. The Balaban J connectivity index is 1.57. The number of carbonyl (C=O) groups excluding carboxylic acids is 1. The van der Waals surface area contributed by atoms with Gasteiger partial charge in [0.15, 0.2) is 0 Å². The van der Waals surface area contributed by atoms with Gasteiger partial charge in [-0.3, -0.25) is 4.79 Å². The van der Waals surface area contributed by atoms with E-state index >= 15 is 0 Å². The van der Waals surface area contributed by atoms with Crippen molar-refractivity contribution >= 4 is 5.78 Å². The largest absolute Gasteiger partial charge is 0.393 e. The third-order valence-electron chi connectivity index (χ3n) is 13.9. The summed E-state index contributed by atoms with van der Waals surface area (Å²) in [4.78, 5) is 15.0. The Hall–Kier alpha value is -0.410. The number of hydrogen-bond donors (Lipinski definition) is 2. The standard InChI is InChI=1S/C30H50O3/c1-18(2)19-9-10-20-26(19,5)13-14-29(8)24(33)30(16-15-27(20,29)6)23(32)17-21-25(3,4)22(31)11-12-28(21,30)7/h18-23,31-32H,9-17H2,1-8H3/t19-,20-,21+,22+,23+,26-,27+,28+,29-,30+/m1/s1. The SMILES string of the molecule is CC(C)[C@H]1CC[C@@H]2[C@]1(C)CC[C@]1(C)C(=O)[C@]3(CC[C@@]21C)[C@@H](O)C[C@H]1C(C)(C)[C@@H](O)CC[C@@]13C. The quantitative estimate of drug-likeness (QED) is 0.478. The molecule has 0 aromatic heterocycles. The first-order chi connectivity index (χ1) is 15.1. The van der Waals surface area contributed by atoms with Crippen molar-refractivity contribution in [2.24, 2.45) is 56.2 Å². The topological polar surface area (TPSA) is 57.5 Å². The van der Waals surface area contributed by atoms with Gasteiger partial charge in [-0.25, -0.2) is 0 Å². The van der Waals surface area contributed by atoms with Crippen molar-refractivity contribution in [1.82, 2.24) is 0 Å². The average molecular weight is 459 g/mol. The van der Waals surface area contributed by atoms with E-state index in [0.717, 1.165) is 44.4 Å². The lowest BCUT2D eigenvalue weighted by atomic mass is 9.35. The highest BCUT2D eigenvalue weighted by Gasteiger charge is 2.77. The molecule has 3 nitrogen and oxygen atoms in total. The van der Waals surface area contributed by atoms with Crippen LogP contribution in [-0.4, -0.2) is 28.2 Å². The molecule has 0 bridgehead atoms. The minimum atomic E-state index is -0.646. The lowest BCUT2D eigenvalue weighted by Gasteiger charge is -2.67. The molecule has 5 aliphatic rings. The Bertz CT molecular complexity index is 847. The summed E-state index contributed by atoms with van der Waals surface area (Å²) >= 11 is 0. The molecule has 33 heavy (non-hydrogen) atoms. The van der Waals surface area contributed by atoms with E-state index in [9.17, 15) is 15.0 Å². The fraction of sp³-hybridized carbons (Fsp3) is 0.967. The van der Waals surface area contributed by atoms with Gasteiger partial charge in [0, 0.05) is 5.41 Å². The van der Waals surface area contributed by atoms with Crippen LogP contribution >= 0.6 is 0 Å². The van der Waals surface area contributed by atoms with Crippen molar-refractivity contribution in [1.29, 1.82) is 0 Å². The van der Waals surface area contributed by atoms with Crippen LogP contribution in [0.4, 0.5) is 0 Å². The lowest BCUT2D eigenvalue weighted by Crippen LogP contribution is -2.68. The Morgan fingerprint density at radius 2 is 1.42 bits per heavy atom. The monoisotopic (exact) mass is 458 g/mol. The van der Waals surface area contributed by atoms with Gasteiger partial charge in [0.05, 0.1) is 17.6 Å². The smallest absolute Gasteiger partial charge is 0.148 e. The summed E-state index contributed by atoms with van der Waals surface area (Å²) in [6.07, 6.45) is 7.90. The van der Waals surface area contributed by atoms with Crippen molar-refractivity contribution in [2.75, 3.05) is 0 Å². The van der Waals surface area contributed by atoms with Crippen molar-refractivity contribution in [3.8, 4) is 0 Å². The molecule has 0 amide bonds. The van der Waals surface area contributed by atoms with Crippen molar-refractivity contribution < 1.29 is 15.0 Å². The highest BCUT2D eigenvalue weighted by atomic mass is 16.3. The van der Waals surface area contributed by atoms with Gasteiger partial charge in [0.25, 0.3) is 0 Å². The maximum absolute atomic E-state index is 15.0. The van der Waals surface area contributed by atoms with Crippen LogP contribution in [0.5, 0.6) is 0 Å². The first kappa shape index (κ1) is 24.3. The maximum Gasteiger partial charge on any atom is 0.148 e. The first-order valence-corrected chi connectivity index (χ1v) is 14.0. The number of ketones is 1. The van der Waals surface area contributed by atoms with Gasteiger partial charge in [-0.15, -0.1) is 0 Å². The zero-order chi connectivity index (χ0) is 24.4. The van der Waals surface area contributed by atoms with Crippen LogP contribution in [0.2, 0.25) is 0 Å². The molecule has 3 heteroatoms. The van der Waals surface area contributed by atoms with E-state index in [1.165, 1.54) is 12.8 Å². The van der Waals surface area contributed by atoms with E-state index in [2.05, 4.69) is 55.4 Å². The zero-order valence-electron chi connectivity index (χ0n) is 22.6. The van der Waals surface area contributed by atoms with Crippen LogP contribution < -0.4 is 0 Å². The number of aliphatic hydroxyl groups is 2. The summed E-state index contributed by atoms with van der Waals surface area (Å²) in [6.45, 7) is 18.7. The molecule has 5 aliphatic carbocycles. The number of fused-ring (bicyclic) bond motifs is 5. The molecule has 1 spiro atoms. The second-order valence-corrected chi connectivity index (χ2v) is 15.1. The summed E-state index contributed by atoms with van der Waals surface area (Å²) in [5.41, 5.74) is -1.14. The number of rotatable bonds is 1. The van der Waals surface area contributed by atoms with Gasteiger partial charge in [0.2, 0.25) is 0 Å². The van der Waals surface area contributed by atoms with E-state index in [4.69, 9.17) is 0 Å². The highest BCUT2D eigenvalue weighted by Crippen LogP contribution is 2.78. The summed E-state index contributed by atoms with van der Waals surface area (Å²) < 4.78 is 0. The van der Waals surface area contributed by atoms with Crippen molar-refractivity contribution in [3.63, 3.8) is 0 Å². The molecule has 2 N–H and O–H groups in total. The second-order valence-electron chi connectivity index (χ2n) is 15.1. The maximum atomic E-state index is 15.0. The molecule has 5 saturated carbocycles. The third-order valence-corrected chi connectivity index (χ3v) is 13.9. The zero-order valence-corrected chi connectivity index (χ0v) is 22.6. The normalized spacial score (nSPS) is 57.8. The second kappa shape index (κ2) is 6.87.